The van der Waals surface area contributed by atoms with Gasteiger partial charge in [-0.25, -0.2) is 4.79 Å². The minimum Gasteiger partial charge on any atom is -0.461 e. The highest BCUT2D eigenvalue weighted by molar-refractivity contribution is 6.61. The van der Waals surface area contributed by atoms with Crippen molar-refractivity contribution >= 4 is 18.6 Å². The second-order valence-corrected chi connectivity index (χ2v) is 3.67. The van der Waals surface area contributed by atoms with Crippen molar-refractivity contribution in [3.63, 3.8) is 0 Å². The lowest BCUT2D eigenvalue weighted by Gasteiger charge is -2.04. The molecular formula is C12H11BO4. The van der Waals surface area contributed by atoms with Crippen molar-refractivity contribution in [1.82, 2.24) is 0 Å². The summed E-state index contributed by atoms with van der Waals surface area (Å²) in [5, 5.41) is 9.50. The molecule has 5 heteroatoms. The molecule has 0 amide bonds. The molecule has 1 aliphatic heterocycles. The van der Waals surface area contributed by atoms with E-state index in [4.69, 9.17) is 15.8 Å². The zero-order valence-corrected chi connectivity index (χ0v) is 9.18. The molecule has 0 saturated carbocycles. The number of fused-ring (bicyclic) bond motifs is 1. The summed E-state index contributed by atoms with van der Waals surface area (Å²) in [6.45, 7) is 0.564. The van der Waals surface area contributed by atoms with Crippen LogP contribution in [0.2, 0.25) is 0 Å². The largest absolute Gasteiger partial charge is 0.491 e. The average molecular weight is 230 g/mol. The van der Waals surface area contributed by atoms with Crippen LogP contribution in [0, 0.1) is 12.3 Å². The number of carbonyl (C=O) groups is 1. The molecule has 1 aromatic rings. The normalized spacial score (nSPS) is 13.1. The van der Waals surface area contributed by atoms with Crippen molar-refractivity contribution in [3.05, 3.63) is 29.3 Å². The van der Waals surface area contributed by atoms with Crippen molar-refractivity contribution in [2.24, 2.45) is 0 Å². The van der Waals surface area contributed by atoms with Crippen LogP contribution in [0.5, 0.6) is 0 Å². The highest BCUT2D eigenvalue weighted by Crippen LogP contribution is 2.12. The molecule has 0 aliphatic carbocycles. The van der Waals surface area contributed by atoms with Crippen molar-refractivity contribution in [2.45, 2.75) is 13.0 Å². The molecule has 86 valence electrons. The zero-order chi connectivity index (χ0) is 12.3. The summed E-state index contributed by atoms with van der Waals surface area (Å²) in [5.74, 6) is 1.94. The van der Waals surface area contributed by atoms with Crippen LogP contribution < -0.4 is 5.46 Å². The summed E-state index contributed by atoms with van der Waals surface area (Å²) < 4.78 is 9.99. The van der Waals surface area contributed by atoms with E-state index in [2.05, 4.69) is 5.92 Å². The molecule has 0 unspecified atom stereocenters. The Hall–Kier alpha value is -1.77. The fourth-order valence-electron chi connectivity index (χ4n) is 1.63. The molecular weight excluding hydrogens is 219 g/mol. The molecule has 0 saturated heterocycles. The Kier molecular flexibility index (Phi) is 3.47. The van der Waals surface area contributed by atoms with Gasteiger partial charge in [0.2, 0.25) is 0 Å². The summed E-state index contributed by atoms with van der Waals surface area (Å²) in [6, 6.07) is 4.99. The van der Waals surface area contributed by atoms with Gasteiger partial charge < -0.3 is 14.4 Å². The fourth-order valence-corrected chi connectivity index (χ4v) is 1.63. The SMILES string of the molecule is C#CCCOC(=O)c1ccc2c(c1)B(O)OC2. The van der Waals surface area contributed by atoms with Gasteiger partial charge in [-0.2, -0.15) is 0 Å². The van der Waals surface area contributed by atoms with E-state index in [0.29, 0.717) is 24.1 Å². The first-order chi connectivity index (χ1) is 8.22. The number of esters is 1. The van der Waals surface area contributed by atoms with E-state index in [0.717, 1.165) is 5.56 Å². The number of hydrogen-bond donors (Lipinski definition) is 1. The molecule has 0 spiro atoms. The predicted molar refractivity (Wildman–Crippen MR) is 62.6 cm³/mol. The second kappa shape index (κ2) is 5.04. The molecule has 1 aromatic carbocycles. The quantitative estimate of drug-likeness (QED) is 0.346. The average Bonchev–Trinajstić information content (AvgIpc) is 2.71. The minimum atomic E-state index is -0.955. The Morgan fingerprint density at radius 2 is 2.47 bits per heavy atom. The Balaban J connectivity index is 2.10. The lowest BCUT2D eigenvalue weighted by atomic mass is 9.79. The Morgan fingerprint density at radius 3 is 3.24 bits per heavy atom. The van der Waals surface area contributed by atoms with Gasteiger partial charge in [-0.3, -0.25) is 0 Å². The smallest absolute Gasteiger partial charge is 0.461 e. The Labute approximate surface area is 99.7 Å². The van der Waals surface area contributed by atoms with Gasteiger partial charge >= 0.3 is 13.1 Å². The maximum absolute atomic E-state index is 11.6. The van der Waals surface area contributed by atoms with Crippen LogP contribution in [0.15, 0.2) is 18.2 Å². The first kappa shape index (κ1) is 11.7. The van der Waals surface area contributed by atoms with E-state index < -0.39 is 13.1 Å². The summed E-state index contributed by atoms with van der Waals surface area (Å²) >= 11 is 0. The predicted octanol–water partition coefficient (Wildman–Crippen LogP) is 0.0844. The van der Waals surface area contributed by atoms with Crippen LogP contribution in [0.1, 0.15) is 22.3 Å². The number of ether oxygens (including phenoxy) is 1. The van der Waals surface area contributed by atoms with Gasteiger partial charge in [0.1, 0.15) is 6.61 Å². The maximum atomic E-state index is 11.6. The molecule has 0 aromatic heterocycles. The molecule has 0 atom stereocenters. The number of benzene rings is 1. The van der Waals surface area contributed by atoms with Crippen LogP contribution in [0.4, 0.5) is 0 Å². The maximum Gasteiger partial charge on any atom is 0.491 e. The number of rotatable bonds is 3. The fraction of sp³-hybridized carbons (Fsp3) is 0.250. The van der Waals surface area contributed by atoms with Crippen molar-refractivity contribution in [2.75, 3.05) is 6.61 Å². The first-order valence-electron chi connectivity index (χ1n) is 5.25. The third-order valence-corrected chi connectivity index (χ3v) is 2.52. The highest BCUT2D eigenvalue weighted by Gasteiger charge is 2.28. The Bertz CT molecular complexity index is 478. The van der Waals surface area contributed by atoms with Gasteiger partial charge in [0.15, 0.2) is 0 Å². The van der Waals surface area contributed by atoms with Gasteiger partial charge in [-0.1, -0.05) is 6.07 Å². The van der Waals surface area contributed by atoms with E-state index in [9.17, 15) is 9.82 Å². The van der Waals surface area contributed by atoms with E-state index in [-0.39, 0.29) is 6.61 Å². The van der Waals surface area contributed by atoms with Crippen LogP contribution in [-0.4, -0.2) is 24.7 Å². The van der Waals surface area contributed by atoms with E-state index in [1.165, 1.54) is 0 Å². The Morgan fingerprint density at radius 1 is 1.65 bits per heavy atom. The van der Waals surface area contributed by atoms with Gasteiger partial charge in [0.25, 0.3) is 0 Å². The molecule has 4 nitrogen and oxygen atoms in total. The molecule has 0 bridgehead atoms. The van der Waals surface area contributed by atoms with Gasteiger partial charge in [-0.05, 0) is 23.2 Å². The zero-order valence-electron chi connectivity index (χ0n) is 9.18. The summed E-state index contributed by atoms with van der Waals surface area (Å²) in [7, 11) is -0.955. The summed E-state index contributed by atoms with van der Waals surface area (Å²) in [6.07, 6.45) is 5.45. The lowest BCUT2D eigenvalue weighted by Crippen LogP contribution is -2.28. The van der Waals surface area contributed by atoms with Crippen LogP contribution in [0.3, 0.4) is 0 Å². The van der Waals surface area contributed by atoms with E-state index >= 15 is 0 Å². The van der Waals surface area contributed by atoms with Gasteiger partial charge in [0, 0.05) is 6.42 Å². The van der Waals surface area contributed by atoms with Gasteiger partial charge in [-0.15, -0.1) is 12.3 Å². The van der Waals surface area contributed by atoms with Crippen LogP contribution >= 0.6 is 0 Å². The number of carbonyl (C=O) groups excluding carboxylic acids is 1. The topological polar surface area (TPSA) is 55.8 Å². The highest BCUT2D eigenvalue weighted by atomic mass is 16.5. The second-order valence-electron chi connectivity index (χ2n) is 3.67. The van der Waals surface area contributed by atoms with Crippen molar-refractivity contribution in [3.8, 4) is 12.3 Å². The van der Waals surface area contributed by atoms with Crippen LogP contribution in [0.25, 0.3) is 0 Å². The molecule has 0 fully saturated rings. The molecule has 2 rings (SSSR count). The molecule has 0 radical (unpaired) electrons. The monoisotopic (exact) mass is 230 g/mol. The van der Waals surface area contributed by atoms with Crippen molar-refractivity contribution in [1.29, 1.82) is 0 Å². The van der Waals surface area contributed by atoms with E-state index in [1.54, 1.807) is 18.2 Å². The van der Waals surface area contributed by atoms with Crippen molar-refractivity contribution < 1.29 is 19.2 Å². The standard InChI is InChI=1S/C12H11BO4/c1-2-3-6-16-12(14)9-4-5-10-8-17-13(15)11(10)7-9/h1,4-5,7,15H,3,6,8H2. The van der Waals surface area contributed by atoms with Crippen LogP contribution in [-0.2, 0) is 16.0 Å². The van der Waals surface area contributed by atoms with E-state index in [1.807, 2.05) is 0 Å². The molecule has 1 N–H and O–H groups in total. The lowest BCUT2D eigenvalue weighted by molar-refractivity contribution is 0.0514. The number of terminal acetylenes is 1. The molecule has 1 aliphatic rings. The first-order valence-corrected chi connectivity index (χ1v) is 5.25. The number of hydrogen-bond acceptors (Lipinski definition) is 4. The minimum absolute atomic E-state index is 0.200. The third-order valence-electron chi connectivity index (χ3n) is 2.52. The third kappa shape index (κ3) is 2.49. The molecule has 1 heterocycles. The summed E-state index contributed by atoms with van der Waals surface area (Å²) in [4.78, 5) is 11.6. The van der Waals surface area contributed by atoms with Gasteiger partial charge in [0.05, 0.1) is 12.2 Å². The summed E-state index contributed by atoms with van der Waals surface area (Å²) in [5.41, 5.74) is 1.90. The molecule has 17 heavy (non-hydrogen) atoms.